The van der Waals surface area contributed by atoms with Gasteiger partial charge < -0.3 is 11.6 Å². The molecule has 12 heavy (non-hydrogen) atoms. The SMILES string of the molecule is N/N=C(\N)C1C2C3CCC(C3)C12. The molecule has 66 valence electrons. The number of nitrogens with two attached hydrogens (primary N) is 2. The highest BCUT2D eigenvalue weighted by Gasteiger charge is 2.66. The van der Waals surface area contributed by atoms with Gasteiger partial charge in [-0.1, -0.05) is 0 Å². The van der Waals surface area contributed by atoms with E-state index >= 15 is 0 Å². The van der Waals surface area contributed by atoms with Crippen molar-refractivity contribution in [3.8, 4) is 0 Å². The largest absolute Gasteiger partial charge is 0.385 e. The van der Waals surface area contributed by atoms with Crippen LogP contribution in [0.15, 0.2) is 5.10 Å². The summed E-state index contributed by atoms with van der Waals surface area (Å²) in [6.45, 7) is 0. The van der Waals surface area contributed by atoms with E-state index in [1.54, 1.807) is 0 Å². The third-order valence-electron chi connectivity index (χ3n) is 4.23. The smallest absolute Gasteiger partial charge is 0.123 e. The van der Waals surface area contributed by atoms with Crippen molar-refractivity contribution in [1.29, 1.82) is 0 Å². The highest BCUT2D eigenvalue weighted by Crippen LogP contribution is 2.69. The summed E-state index contributed by atoms with van der Waals surface area (Å²) >= 11 is 0. The third kappa shape index (κ3) is 0.609. The molecular weight excluding hydrogens is 150 g/mol. The molecule has 0 radical (unpaired) electrons. The van der Waals surface area contributed by atoms with E-state index in [0.29, 0.717) is 11.8 Å². The number of rotatable bonds is 1. The molecule has 2 bridgehead atoms. The molecule has 0 aromatic carbocycles. The van der Waals surface area contributed by atoms with Crippen molar-refractivity contribution < 1.29 is 0 Å². The van der Waals surface area contributed by atoms with Crippen LogP contribution in [0.4, 0.5) is 0 Å². The molecule has 3 saturated carbocycles. The van der Waals surface area contributed by atoms with Crippen LogP contribution in [0.2, 0.25) is 0 Å². The van der Waals surface area contributed by atoms with Crippen molar-refractivity contribution in [1.82, 2.24) is 0 Å². The first-order chi connectivity index (χ1) is 5.83. The monoisotopic (exact) mass is 165 g/mol. The fourth-order valence-electron chi connectivity index (χ4n) is 3.81. The van der Waals surface area contributed by atoms with Crippen LogP contribution >= 0.6 is 0 Å². The van der Waals surface area contributed by atoms with E-state index in [2.05, 4.69) is 5.10 Å². The van der Waals surface area contributed by atoms with Crippen molar-refractivity contribution in [2.75, 3.05) is 0 Å². The van der Waals surface area contributed by atoms with Gasteiger partial charge in [0.05, 0.1) is 0 Å². The summed E-state index contributed by atoms with van der Waals surface area (Å²) in [5.41, 5.74) is 5.75. The molecule has 4 atom stereocenters. The average molecular weight is 165 g/mol. The van der Waals surface area contributed by atoms with E-state index in [0.717, 1.165) is 23.7 Å². The van der Waals surface area contributed by atoms with Gasteiger partial charge >= 0.3 is 0 Å². The lowest BCUT2D eigenvalue weighted by molar-refractivity contribution is 0.456. The number of hydrogen-bond acceptors (Lipinski definition) is 2. The first-order valence-corrected chi connectivity index (χ1v) is 4.86. The Morgan fingerprint density at radius 3 is 2.25 bits per heavy atom. The van der Waals surface area contributed by atoms with Crippen molar-refractivity contribution >= 4 is 5.84 Å². The zero-order chi connectivity index (χ0) is 8.29. The maximum Gasteiger partial charge on any atom is 0.123 e. The molecule has 0 aliphatic heterocycles. The Balaban J connectivity index is 1.82. The second-order valence-electron chi connectivity index (χ2n) is 4.57. The molecule has 0 aromatic rings. The van der Waals surface area contributed by atoms with Crippen LogP contribution in [-0.4, -0.2) is 5.84 Å². The Morgan fingerprint density at radius 1 is 1.17 bits per heavy atom. The standard InChI is InChI=1S/C9H15N3/c10-9(12-11)8-6-4-1-2-5(3-4)7(6)8/h4-8H,1-3,11H2,(H2,10,12). The molecule has 4 N–H and O–H groups in total. The normalized spacial score (nSPS) is 55.7. The summed E-state index contributed by atoms with van der Waals surface area (Å²) < 4.78 is 0. The number of hydrazone groups is 1. The molecule has 3 heteroatoms. The van der Waals surface area contributed by atoms with Gasteiger partial charge in [-0.05, 0) is 42.9 Å². The quantitative estimate of drug-likeness (QED) is 0.257. The minimum absolute atomic E-state index is 0.571. The zero-order valence-electron chi connectivity index (χ0n) is 7.11. The van der Waals surface area contributed by atoms with Crippen LogP contribution in [0.5, 0.6) is 0 Å². The zero-order valence-corrected chi connectivity index (χ0v) is 7.11. The molecule has 0 spiro atoms. The molecule has 0 aromatic heterocycles. The topological polar surface area (TPSA) is 64.4 Å². The lowest BCUT2D eigenvalue weighted by atomic mass is 10.0. The summed E-state index contributed by atoms with van der Waals surface area (Å²) in [6, 6.07) is 0. The Labute approximate surface area is 72.2 Å². The Kier molecular flexibility index (Phi) is 1.10. The van der Waals surface area contributed by atoms with E-state index in [1.807, 2.05) is 0 Å². The molecule has 0 heterocycles. The summed E-state index contributed by atoms with van der Waals surface area (Å²) in [6.07, 6.45) is 4.32. The molecule has 3 aliphatic rings. The van der Waals surface area contributed by atoms with Gasteiger partial charge in [0.25, 0.3) is 0 Å². The summed E-state index contributed by atoms with van der Waals surface area (Å²) in [5.74, 6) is 10.1. The van der Waals surface area contributed by atoms with Crippen molar-refractivity contribution in [3.63, 3.8) is 0 Å². The van der Waals surface area contributed by atoms with Crippen LogP contribution in [0.1, 0.15) is 19.3 Å². The Morgan fingerprint density at radius 2 is 1.75 bits per heavy atom. The van der Waals surface area contributed by atoms with E-state index in [1.165, 1.54) is 19.3 Å². The predicted molar refractivity (Wildman–Crippen MR) is 47.1 cm³/mol. The van der Waals surface area contributed by atoms with Gasteiger partial charge in [0.15, 0.2) is 0 Å². The van der Waals surface area contributed by atoms with Crippen molar-refractivity contribution in [2.45, 2.75) is 19.3 Å². The molecule has 0 saturated heterocycles. The Hall–Kier alpha value is -0.730. The molecule has 3 nitrogen and oxygen atoms in total. The van der Waals surface area contributed by atoms with Gasteiger partial charge in [0.1, 0.15) is 5.84 Å². The second kappa shape index (κ2) is 1.95. The van der Waals surface area contributed by atoms with Crippen LogP contribution < -0.4 is 11.6 Å². The maximum atomic E-state index is 5.75. The van der Waals surface area contributed by atoms with Crippen LogP contribution in [-0.2, 0) is 0 Å². The number of amidine groups is 1. The molecule has 3 fully saturated rings. The number of hydrogen-bond donors (Lipinski definition) is 2. The molecule has 0 amide bonds. The molecular formula is C9H15N3. The Bertz CT molecular complexity index is 232. The van der Waals surface area contributed by atoms with Crippen molar-refractivity contribution in [3.05, 3.63) is 0 Å². The first kappa shape index (κ1) is 6.75. The molecule has 3 aliphatic carbocycles. The lowest BCUT2D eigenvalue weighted by Gasteiger charge is -2.06. The van der Waals surface area contributed by atoms with Gasteiger partial charge in [-0.3, -0.25) is 0 Å². The predicted octanol–water partition coefficient (Wildman–Crippen LogP) is 0.509. The fraction of sp³-hybridized carbons (Fsp3) is 0.889. The van der Waals surface area contributed by atoms with E-state index in [9.17, 15) is 0 Å². The minimum atomic E-state index is 0.571. The van der Waals surface area contributed by atoms with Gasteiger partial charge in [0, 0.05) is 5.92 Å². The minimum Gasteiger partial charge on any atom is -0.385 e. The molecule has 3 rings (SSSR count). The summed E-state index contributed by atoms with van der Waals surface area (Å²) in [7, 11) is 0. The van der Waals surface area contributed by atoms with E-state index in [-0.39, 0.29) is 0 Å². The van der Waals surface area contributed by atoms with E-state index < -0.39 is 0 Å². The average Bonchev–Trinajstić information content (AvgIpc) is 2.53. The van der Waals surface area contributed by atoms with Gasteiger partial charge in [-0.2, -0.15) is 5.10 Å². The first-order valence-electron chi connectivity index (χ1n) is 4.86. The maximum absolute atomic E-state index is 5.75. The second-order valence-corrected chi connectivity index (χ2v) is 4.57. The van der Waals surface area contributed by atoms with Crippen LogP contribution in [0.25, 0.3) is 0 Å². The summed E-state index contributed by atoms with van der Waals surface area (Å²) in [4.78, 5) is 0. The highest BCUT2D eigenvalue weighted by atomic mass is 15.2. The third-order valence-corrected chi connectivity index (χ3v) is 4.23. The van der Waals surface area contributed by atoms with Gasteiger partial charge in [-0.25, -0.2) is 0 Å². The molecule has 4 unspecified atom stereocenters. The lowest BCUT2D eigenvalue weighted by Crippen LogP contribution is -2.20. The van der Waals surface area contributed by atoms with E-state index in [4.69, 9.17) is 11.6 Å². The van der Waals surface area contributed by atoms with Crippen molar-refractivity contribution in [2.24, 2.45) is 46.3 Å². The van der Waals surface area contributed by atoms with Gasteiger partial charge in [-0.15, -0.1) is 0 Å². The highest BCUT2D eigenvalue weighted by molar-refractivity contribution is 5.86. The van der Waals surface area contributed by atoms with Gasteiger partial charge in [0.2, 0.25) is 0 Å². The number of nitrogens with zero attached hydrogens (tertiary/aromatic N) is 1. The number of fused-ring (bicyclic) bond motifs is 5. The fourth-order valence-corrected chi connectivity index (χ4v) is 3.81. The summed E-state index contributed by atoms with van der Waals surface area (Å²) in [5, 5.41) is 3.62. The van der Waals surface area contributed by atoms with Crippen LogP contribution in [0.3, 0.4) is 0 Å². The van der Waals surface area contributed by atoms with Crippen LogP contribution in [0, 0.1) is 29.6 Å².